The molecule has 0 amide bonds. The van der Waals surface area contributed by atoms with E-state index < -0.39 is 21.7 Å². The Balaban J connectivity index is 2.82. The van der Waals surface area contributed by atoms with Crippen molar-refractivity contribution >= 4 is 44.3 Å². The van der Waals surface area contributed by atoms with Gasteiger partial charge in [0, 0.05) is 9.26 Å². The molecule has 0 fully saturated rings. The minimum absolute atomic E-state index is 0.364. The molecule has 0 unspecified atom stereocenters. The second-order valence-corrected chi connectivity index (χ2v) is 5.73. The normalized spacial score (nSPS) is 11.0. The van der Waals surface area contributed by atoms with Crippen LogP contribution in [0.25, 0.3) is 0 Å². The first-order chi connectivity index (χ1) is 6.89. The number of carboxylic acid groups (broad SMARTS) is 1. The number of hydrogen-bond donors (Lipinski definition) is 2. The van der Waals surface area contributed by atoms with E-state index in [1.165, 1.54) is 0 Å². The van der Waals surface area contributed by atoms with Crippen LogP contribution in [-0.2, 0) is 14.8 Å². The first-order valence-corrected chi connectivity index (χ1v) is 6.60. The quantitative estimate of drug-likeness (QED) is 0.804. The van der Waals surface area contributed by atoms with E-state index in [2.05, 4.69) is 4.72 Å². The highest BCUT2D eigenvalue weighted by molar-refractivity contribution is 14.1. The van der Waals surface area contributed by atoms with Crippen LogP contribution < -0.4 is 4.72 Å². The molecule has 0 saturated carbocycles. The highest BCUT2D eigenvalue weighted by Gasteiger charge is 2.15. The van der Waals surface area contributed by atoms with Crippen LogP contribution in [0.3, 0.4) is 0 Å². The number of aliphatic carboxylic acids is 1. The van der Waals surface area contributed by atoms with E-state index in [0.717, 1.165) is 3.57 Å². The zero-order valence-corrected chi connectivity index (χ0v) is 10.4. The topological polar surface area (TPSA) is 83.5 Å². The Kier molecular flexibility index (Phi) is 3.91. The standard InChI is InChI=1S/C8H8INO4S/c9-6-2-1-3-7(4-6)10-15(13,14)5-8(11)12/h1-4,10H,5H2,(H,11,12). The van der Waals surface area contributed by atoms with E-state index in [-0.39, 0.29) is 0 Å². The minimum atomic E-state index is -3.80. The summed E-state index contributed by atoms with van der Waals surface area (Å²) in [5, 5.41) is 8.36. The van der Waals surface area contributed by atoms with Crippen LogP contribution in [0.1, 0.15) is 0 Å². The fraction of sp³-hybridized carbons (Fsp3) is 0.125. The van der Waals surface area contributed by atoms with Gasteiger partial charge in [0.25, 0.3) is 0 Å². The summed E-state index contributed by atoms with van der Waals surface area (Å²) in [4.78, 5) is 10.3. The number of benzene rings is 1. The van der Waals surface area contributed by atoms with Gasteiger partial charge in [-0.1, -0.05) is 6.07 Å². The molecule has 0 aliphatic heterocycles. The molecule has 0 spiro atoms. The van der Waals surface area contributed by atoms with Crippen molar-refractivity contribution in [2.75, 3.05) is 10.5 Å². The largest absolute Gasteiger partial charge is 0.480 e. The second-order valence-electron chi connectivity index (χ2n) is 2.77. The Labute approximate surface area is 101 Å². The summed E-state index contributed by atoms with van der Waals surface area (Å²) in [6.07, 6.45) is 0. The number of nitrogens with one attached hydrogen (secondary N) is 1. The number of rotatable bonds is 4. The summed E-state index contributed by atoms with van der Waals surface area (Å²) in [7, 11) is -3.80. The Morgan fingerprint density at radius 3 is 2.67 bits per heavy atom. The smallest absolute Gasteiger partial charge is 0.320 e. The van der Waals surface area contributed by atoms with Gasteiger partial charge in [0.05, 0.1) is 0 Å². The van der Waals surface area contributed by atoms with Gasteiger partial charge in [-0.3, -0.25) is 9.52 Å². The zero-order valence-electron chi connectivity index (χ0n) is 7.47. The van der Waals surface area contributed by atoms with Crippen LogP contribution in [0.2, 0.25) is 0 Å². The maximum absolute atomic E-state index is 11.2. The monoisotopic (exact) mass is 341 g/mol. The van der Waals surface area contributed by atoms with E-state index in [0.29, 0.717) is 5.69 Å². The number of carbonyl (C=O) groups is 1. The van der Waals surface area contributed by atoms with Gasteiger partial charge in [0.15, 0.2) is 5.75 Å². The van der Waals surface area contributed by atoms with E-state index in [4.69, 9.17) is 5.11 Å². The summed E-state index contributed by atoms with van der Waals surface area (Å²) in [6, 6.07) is 6.65. The Hall–Kier alpha value is -0.830. The lowest BCUT2D eigenvalue weighted by atomic mass is 10.3. The van der Waals surface area contributed by atoms with Crippen LogP contribution >= 0.6 is 22.6 Å². The van der Waals surface area contributed by atoms with E-state index in [1.54, 1.807) is 24.3 Å². The molecule has 0 saturated heterocycles. The highest BCUT2D eigenvalue weighted by Crippen LogP contribution is 2.13. The van der Waals surface area contributed by atoms with Crippen LogP contribution in [0.15, 0.2) is 24.3 Å². The number of halogens is 1. The summed E-state index contributed by atoms with van der Waals surface area (Å²) in [6.45, 7) is 0. The predicted octanol–water partition coefficient (Wildman–Crippen LogP) is 1.12. The fourth-order valence-corrected chi connectivity index (χ4v) is 2.36. The van der Waals surface area contributed by atoms with Gasteiger partial charge in [0.2, 0.25) is 10.0 Å². The van der Waals surface area contributed by atoms with Crippen LogP contribution in [0.5, 0.6) is 0 Å². The molecule has 0 heterocycles. The molecule has 1 aromatic rings. The molecule has 5 nitrogen and oxygen atoms in total. The summed E-state index contributed by atoms with van der Waals surface area (Å²) in [5.74, 6) is -2.31. The van der Waals surface area contributed by atoms with Gasteiger partial charge in [-0.25, -0.2) is 8.42 Å². The van der Waals surface area contributed by atoms with Crippen LogP contribution in [0.4, 0.5) is 5.69 Å². The molecular formula is C8H8INO4S. The lowest BCUT2D eigenvalue weighted by Gasteiger charge is -2.05. The molecule has 82 valence electrons. The van der Waals surface area contributed by atoms with Gasteiger partial charge >= 0.3 is 5.97 Å². The van der Waals surface area contributed by atoms with Gasteiger partial charge < -0.3 is 5.11 Å². The maximum Gasteiger partial charge on any atom is 0.320 e. The van der Waals surface area contributed by atoms with Crippen molar-refractivity contribution in [1.82, 2.24) is 0 Å². The van der Waals surface area contributed by atoms with Gasteiger partial charge in [0.1, 0.15) is 0 Å². The van der Waals surface area contributed by atoms with E-state index in [1.807, 2.05) is 22.6 Å². The summed E-state index contributed by atoms with van der Waals surface area (Å²) >= 11 is 2.03. The molecule has 15 heavy (non-hydrogen) atoms. The Bertz CT molecular complexity index is 471. The average Bonchev–Trinajstić information content (AvgIpc) is 1.99. The zero-order chi connectivity index (χ0) is 11.5. The van der Waals surface area contributed by atoms with Gasteiger partial charge in [-0.2, -0.15) is 0 Å². The Morgan fingerprint density at radius 2 is 2.13 bits per heavy atom. The van der Waals surface area contributed by atoms with Crippen molar-refractivity contribution in [2.45, 2.75) is 0 Å². The van der Waals surface area contributed by atoms with Crippen LogP contribution in [0, 0.1) is 3.57 Å². The van der Waals surface area contributed by atoms with Gasteiger partial charge in [-0.15, -0.1) is 0 Å². The van der Waals surface area contributed by atoms with E-state index in [9.17, 15) is 13.2 Å². The average molecular weight is 341 g/mol. The van der Waals surface area contributed by atoms with Crippen molar-refractivity contribution < 1.29 is 18.3 Å². The number of sulfonamides is 1. The SMILES string of the molecule is O=C(O)CS(=O)(=O)Nc1cccc(I)c1. The third-order valence-electron chi connectivity index (χ3n) is 1.41. The number of carboxylic acids is 1. The van der Waals surface area contributed by atoms with Gasteiger partial charge in [-0.05, 0) is 40.8 Å². The molecule has 0 atom stereocenters. The Morgan fingerprint density at radius 1 is 1.47 bits per heavy atom. The molecule has 0 aromatic heterocycles. The number of hydrogen-bond acceptors (Lipinski definition) is 3. The van der Waals surface area contributed by atoms with Crippen molar-refractivity contribution in [2.24, 2.45) is 0 Å². The molecule has 0 aliphatic rings. The maximum atomic E-state index is 11.2. The summed E-state index contributed by atoms with van der Waals surface area (Å²) in [5.41, 5.74) is 0.364. The molecule has 2 N–H and O–H groups in total. The first kappa shape index (κ1) is 12.2. The number of anilines is 1. The van der Waals surface area contributed by atoms with Crippen molar-refractivity contribution in [3.05, 3.63) is 27.8 Å². The first-order valence-electron chi connectivity index (χ1n) is 3.87. The minimum Gasteiger partial charge on any atom is -0.480 e. The van der Waals surface area contributed by atoms with Crippen molar-refractivity contribution in [1.29, 1.82) is 0 Å². The third-order valence-corrected chi connectivity index (χ3v) is 3.26. The lowest BCUT2D eigenvalue weighted by molar-refractivity contribution is -0.134. The second kappa shape index (κ2) is 4.79. The highest BCUT2D eigenvalue weighted by atomic mass is 127. The molecule has 0 radical (unpaired) electrons. The molecule has 0 aliphatic carbocycles. The van der Waals surface area contributed by atoms with Crippen molar-refractivity contribution in [3.63, 3.8) is 0 Å². The third kappa shape index (κ3) is 4.47. The van der Waals surface area contributed by atoms with Crippen LogP contribution in [-0.4, -0.2) is 25.2 Å². The molecule has 7 heteroatoms. The van der Waals surface area contributed by atoms with Crippen molar-refractivity contribution in [3.8, 4) is 0 Å². The fourth-order valence-electron chi connectivity index (χ4n) is 0.930. The molecule has 1 rings (SSSR count). The predicted molar refractivity (Wildman–Crippen MR) is 64.2 cm³/mol. The summed E-state index contributed by atoms with van der Waals surface area (Å²) < 4.78 is 25.5. The lowest BCUT2D eigenvalue weighted by Crippen LogP contribution is -2.22. The molecule has 0 bridgehead atoms. The molecule has 1 aromatic carbocycles. The molecular weight excluding hydrogens is 333 g/mol. The van der Waals surface area contributed by atoms with E-state index >= 15 is 0 Å².